The third-order valence-corrected chi connectivity index (χ3v) is 3.05. The molecule has 0 bridgehead atoms. The minimum atomic E-state index is 0.382. The molecule has 0 N–H and O–H groups in total. The Kier molecular flexibility index (Phi) is 6.99. The molecule has 23 heavy (non-hydrogen) atoms. The van der Waals surface area contributed by atoms with Crippen LogP contribution in [0.5, 0.6) is 0 Å². The predicted molar refractivity (Wildman–Crippen MR) is 91.9 cm³/mol. The first-order valence-corrected chi connectivity index (χ1v) is 9.69. The third kappa shape index (κ3) is 5.29. The maximum absolute atomic E-state index is 4.73. The zero-order valence-corrected chi connectivity index (χ0v) is 15.2. The van der Waals surface area contributed by atoms with E-state index in [2.05, 4.69) is 15.0 Å². The number of hydrogen-bond donors (Lipinski definition) is 0. The molecule has 0 unspecified atom stereocenters. The fourth-order valence-electron chi connectivity index (χ4n) is 2.09. The Labute approximate surface area is 150 Å². The van der Waals surface area contributed by atoms with Crippen LogP contribution in [0.1, 0.15) is 11.4 Å². The molecule has 3 rings (SSSR count). The first kappa shape index (κ1) is 17.9. The van der Waals surface area contributed by atoms with E-state index in [1.54, 1.807) is 0 Å². The quantitative estimate of drug-likeness (QED) is 0.603. The van der Waals surface area contributed by atoms with Crippen LogP contribution in [0.3, 0.4) is 0 Å². The second-order valence-corrected chi connectivity index (χ2v) is 6.50. The van der Waals surface area contributed by atoms with Gasteiger partial charge in [0.05, 0.1) is 22.8 Å². The van der Waals surface area contributed by atoms with Gasteiger partial charge < -0.3 is 0 Å². The van der Waals surface area contributed by atoms with Gasteiger partial charge in [0, 0.05) is 11.4 Å². The van der Waals surface area contributed by atoms with E-state index in [9.17, 15) is 0 Å². The van der Waals surface area contributed by atoms with E-state index >= 15 is 0 Å². The normalized spacial score (nSPS) is 10.1. The van der Waals surface area contributed by atoms with Crippen molar-refractivity contribution in [2.24, 2.45) is 0 Å². The first-order valence-electron chi connectivity index (χ1n) is 6.83. The summed E-state index contributed by atoms with van der Waals surface area (Å²) in [5, 5.41) is 0. The summed E-state index contributed by atoms with van der Waals surface area (Å²) in [7, 11) is 9.47. The van der Waals surface area contributed by atoms with Gasteiger partial charge in [-0.15, -0.1) is 0 Å². The fraction of sp³-hybridized carbons (Fsp3) is 0.118. The molecule has 0 aliphatic heterocycles. The monoisotopic (exact) mass is 390 g/mol. The van der Waals surface area contributed by atoms with Gasteiger partial charge in [-0.1, -0.05) is 18.2 Å². The summed E-state index contributed by atoms with van der Waals surface area (Å²) >= 11 is 0.382. The van der Waals surface area contributed by atoms with Crippen molar-refractivity contribution < 1.29 is 12.9 Å². The molecular weight excluding hydrogens is 376 g/mol. The van der Waals surface area contributed by atoms with Gasteiger partial charge in [0.1, 0.15) is 0 Å². The van der Waals surface area contributed by atoms with Crippen molar-refractivity contribution in [3.05, 3.63) is 66.0 Å². The third-order valence-electron chi connectivity index (χ3n) is 3.05. The first-order chi connectivity index (χ1) is 11.1. The summed E-state index contributed by atoms with van der Waals surface area (Å²) in [5.74, 6) is 0. The summed E-state index contributed by atoms with van der Waals surface area (Å²) in [4.78, 5) is 13.7. The number of hydrogen-bond acceptors (Lipinski definition) is 3. The number of rotatable bonds is 2. The summed E-state index contributed by atoms with van der Waals surface area (Å²) in [6, 6.07) is 17.8. The van der Waals surface area contributed by atoms with E-state index in [1.165, 1.54) is 0 Å². The van der Waals surface area contributed by atoms with Gasteiger partial charge in [0.15, 0.2) is 0 Å². The molecule has 0 amide bonds. The summed E-state index contributed by atoms with van der Waals surface area (Å²) in [5.41, 5.74) is 5.50. The van der Waals surface area contributed by atoms with Crippen LogP contribution in [0.4, 0.5) is 0 Å². The average Bonchev–Trinajstić information content (AvgIpc) is 2.56. The van der Waals surface area contributed by atoms with E-state index in [0.717, 1.165) is 34.2 Å². The van der Waals surface area contributed by atoms with Crippen LogP contribution >= 0.6 is 20.3 Å². The Morgan fingerprint density at radius 3 is 1.26 bits per heavy atom. The van der Waals surface area contributed by atoms with Gasteiger partial charge in [-0.2, -0.15) is 0 Å². The second-order valence-electron chi connectivity index (χ2n) is 4.78. The van der Waals surface area contributed by atoms with Gasteiger partial charge in [0.2, 0.25) is 0 Å². The maximum atomic E-state index is 4.73. The van der Waals surface area contributed by atoms with E-state index < -0.39 is 0 Å². The molecule has 0 aromatic carbocycles. The van der Waals surface area contributed by atoms with Crippen molar-refractivity contribution in [3.63, 3.8) is 0 Å². The molecule has 3 aromatic rings. The second kappa shape index (κ2) is 8.98. The molecule has 6 heteroatoms. The van der Waals surface area contributed by atoms with Crippen LogP contribution in [0, 0.1) is 13.8 Å². The van der Waals surface area contributed by atoms with Crippen LogP contribution in [-0.2, 0) is 12.9 Å². The number of halogens is 2. The molecule has 3 nitrogen and oxygen atoms in total. The summed E-state index contributed by atoms with van der Waals surface area (Å²) in [6.07, 6.45) is 0. The van der Waals surface area contributed by atoms with Crippen molar-refractivity contribution in [2.45, 2.75) is 13.8 Å². The van der Waals surface area contributed by atoms with Crippen LogP contribution in [-0.4, -0.2) is 15.0 Å². The molecule has 0 saturated carbocycles. The Balaban J connectivity index is 0.000000595. The van der Waals surface area contributed by atoms with Crippen molar-refractivity contribution in [2.75, 3.05) is 0 Å². The number of pyridine rings is 3. The summed E-state index contributed by atoms with van der Waals surface area (Å²) < 4.78 is 0. The Morgan fingerprint density at radius 1 is 0.609 bits per heavy atom. The standard InChI is InChI=1S/C17H15N3.2ClH.Co/c1-12-6-3-8-14(18-12)16-10-5-11-17(20-16)15-9-4-7-13(2)19-15;;;/h3-11H,1-2H3;2*1H;/q;;;+2/p-2. The SMILES string of the molecule is Cc1cccc(-c2cccc(-c3cccc(C)n3)n2)n1.[Cl][Co][Cl]. The number of aromatic nitrogens is 3. The van der Waals surface area contributed by atoms with Gasteiger partial charge in [0.25, 0.3) is 0 Å². The predicted octanol–water partition coefficient (Wildman–Crippen LogP) is 5.20. The molecule has 3 heterocycles. The Hall–Kier alpha value is -1.46. The Morgan fingerprint density at radius 2 is 0.913 bits per heavy atom. The van der Waals surface area contributed by atoms with Crippen molar-refractivity contribution in [3.8, 4) is 22.8 Å². The van der Waals surface area contributed by atoms with Crippen molar-refractivity contribution in [1.82, 2.24) is 15.0 Å². The average molecular weight is 391 g/mol. The minimum absolute atomic E-state index is 0.382. The van der Waals surface area contributed by atoms with E-state index in [0.29, 0.717) is 12.9 Å². The van der Waals surface area contributed by atoms with Crippen molar-refractivity contribution >= 4 is 20.3 Å². The molecule has 0 saturated heterocycles. The van der Waals surface area contributed by atoms with Gasteiger partial charge >= 0.3 is 33.2 Å². The molecule has 0 atom stereocenters. The van der Waals surface area contributed by atoms with E-state index in [-0.39, 0.29) is 0 Å². The molecule has 0 fully saturated rings. The molecule has 0 aliphatic carbocycles. The molecule has 3 aromatic heterocycles. The number of aryl methyl sites for hydroxylation is 2. The number of nitrogens with zero attached hydrogens (tertiary/aromatic N) is 3. The fourth-order valence-corrected chi connectivity index (χ4v) is 2.09. The molecule has 0 radical (unpaired) electrons. The van der Waals surface area contributed by atoms with Gasteiger partial charge in [-0.25, -0.2) is 4.98 Å². The van der Waals surface area contributed by atoms with Gasteiger partial charge in [-0.3, -0.25) is 9.97 Å². The molecule has 121 valence electrons. The topological polar surface area (TPSA) is 38.7 Å². The molecule has 0 spiro atoms. The molecule has 0 aliphatic rings. The zero-order chi connectivity index (χ0) is 16.7. The van der Waals surface area contributed by atoms with Crippen LogP contribution < -0.4 is 0 Å². The van der Waals surface area contributed by atoms with Gasteiger partial charge in [-0.05, 0) is 50.2 Å². The van der Waals surface area contributed by atoms with Crippen LogP contribution in [0.25, 0.3) is 22.8 Å². The zero-order valence-electron chi connectivity index (χ0n) is 12.6. The van der Waals surface area contributed by atoms with E-state index in [1.807, 2.05) is 68.4 Å². The van der Waals surface area contributed by atoms with Crippen LogP contribution in [0.15, 0.2) is 54.6 Å². The molecular formula is C17H15Cl2CoN3. The van der Waals surface area contributed by atoms with E-state index in [4.69, 9.17) is 20.3 Å². The Bertz CT molecular complexity index is 720. The van der Waals surface area contributed by atoms with Crippen LogP contribution in [0.2, 0.25) is 0 Å². The van der Waals surface area contributed by atoms with Crippen molar-refractivity contribution in [1.29, 1.82) is 0 Å². The summed E-state index contributed by atoms with van der Waals surface area (Å²) in [6.45, 7) is 3.96.